The lowest BCUT2D eigenvalue weighted by atomic mass is 9.97. The molecule has 0 saturated heterocycles. The topological polar surface area (TPSA) is 208 Å². The minimum Gasteiger partial charge on any atom is -0.370 e. The number of aromatic nitrogens is 2. The Kier molecular flexibility index (Phi) is 8.43. The van der Waals surface area contributed by atoms with Gasteiger partial charge in [0.2, 0.25) is 0 Å². The molecular formula is C30H38N10O4. The summed E-state index contributed by atoms with van der Waals surface area (Å²) < 4.78 is 3.59. The van der Waals surface area contributed by atoms with Crippen molar-refractivity contribution in [1.82, 2.24) is 18.9 Å². The summed E-state index contributed by atoms with van der Waals surface area (Å²) in [6, 6.07) is 3.17. The molecule has 3 aliphatic rings. The van der Waals surface area contributed by atoms with Crippen molar-refractivity contribution in [2.45, 2.75) is 51.6 Å². The first-order chi connectivity index (χ1) is 20.9. The van der Waals surface area contributed by atoms with Gasteiger partial charge in [0.25, 0.3) is 23.6 Å². The van der Waals surface area contributed by atoms with Crippen LogP contribution < -0.4 is 22.1 Å². The number of anilines is 2. The van der Waals surface area contributed by atoms with Gasteiger partial charge in [-0.1, -0.05) is 12.2 Å². The number of hydrogen-bond acceptors (Lipinski definition) is 6. The fourth-order valence-electron chi connectivity index (χ4n) is 4.98. The SMILES string of the molecule is CN(C(=N)N)C(=O)c1cc(NC(=O)C2=CC=C(C(=O)Nc3cc(C(=O)N(C)C(=N)N)n(CC4CC4)c3)CC2)cn1CC1CC1. The minimum absolute atomic E-state index is 0.335. The Hall–Kier alpha value is -5.14. The summed E-state index contributed by atoms with van der Waals surface area (Å²) in [6.07, 6.45) is 11.6. The maximum atomic E-state index is 13.1. The molecule has 0 atom stereocenters. The second-order valence-electron chi connectivity index (χ2n) is 11.7. The van der Waals surface area contributed by atoms with Crippen LogP contribution in [0, 0.1) is 22.7 Å². The molecule has 2 heterocycles. The number of nitrogens with zero attached hydrogens (tertiary/aromatic N) is 4. The Morgan fingerprint density at radius 1 is 0.750 bits per heavy atom. The highest BCUT2D eigenvalue weighted by Crippen LogP contribution is 2.33. The van der Waals surface area contributed by atoms with Crippen LogP contribution in [0.4, 0.5) is 11.4 Å². The summed E-state index contributed by atoms with van der Waals surface area (Å²) >= 11 is 0. The number of nitrogens with one attached hydrogen (secondary N) is 4. The molecule has 0 aromatic carbocycles. The standard InChI is InChI=1S/C30H38N10O4/c1-37(29(31)32)27(43)23-11-21(15-39(23)13-17-3-4-17)35-25(41)19-7-9-20(10-8-19)26(42)36-22-12-24(28(44)38(2)30(33)34)40(16-22)14-18-5-6-18/h7,9,11-12,15-18H,3-6,8,10,13-14H2,1-2H3,(H3,31,32)(H3,33,34)(H,35,41)(H,36,42). The maximum absolute atomic E-state index is 13.1. The van der Waals surface area contributed by atoms with E-state index in [-0.39, 0.29) is 23.7 Å². The zero-order valence-corrected chi connectivity index (χ0v) is 24.9. The van der Waals surface area contributed by atoms with Crippen LogP contribution in [0.15, 0.2) is 47.8 Å². The van der Waals surface area contributed by atoms with E-state index in [4.69, 9.17) is 22.3 Å². The summed E-state index contributed by atoms with van der Waals surface area (Å²) in [5, 5.41) is 20.9. The number of hydrogen-bond donors (Lipinski definition) is 6. The zero-order chi connectivity index (χ0) is 31.7. The largest absolute Gasteiger partial charge is 0.370 e. The Morgan fingerprint density at radius 3 is 1.41 bits per heavy atom. The van der Waals surface area contributed by atoms with Crippen molar-refractivity contribution in [2.75, 3.05) is 24.7 Å². The fraction of sp³-hybridized carbons (Fsp3) is 0.400. The summed E-state index contributed by atoms with van der Waals surface area (Å²) in [6.45, 7) is 1.28. The van der Waals surface area contributed by atoms with Gasteiger partial charge in [-0.2, -0.15) is 0 Å². The first-order valence-electron chi connectivity index (χ1n) is 14.6. The molecule has 44 heavy (non-hydrogen) atoms. The van der Waals surface area contributed by atoms with E-state index in [9.17, 15) is 19.2 Å². The predicted molar refractivity (Wildman–Crippen MR) is 165 cm³/mol. The average Bonchev–Trinajstić information content (AvgIpc) is 3.91. The van der Waals surface area contributed by atoms with Crippen LogP contribution in [-0.2, 0) is 22.7 Å². The van der Waals surface area contributed by atoms with E-state index < -0.39 is 11.8 Å². The maximum Gasteiger partial charge on any atom is 0.276 e. The van der Waals surface area contributed by atoms with E-state index in [2.05, 4.69) is 10.6 Å². The summed E-state index contributed by atoms with van der Waals surface area (Å²) in [5.41, 5.74) is 13.6. The average molecular weight is 603 g/mol. The van der Waals surface area contributed by atoms with Gasteiger partial charge in [0.1, 0.15) is 11.4 Å². The molecule has 0 radical (unpaired) electrons. The Morgan fingerprint density at radius 2 is 1.11 bits per heavy atom. The van der Waals surface area contributed by atoms with Crippen molar-refractivity contribution >= 4 is 46.9 Å². The molecule has 3 aliphatic carbocycles. The minimum atomic E-state index is -0.431. The molecule has 2 fully saturated rings. The molecule has 14 heteroatoms. The Balaban J connectivity index is 1.25. The van der Waals surface area contributed by atoms with Gasteiger partial charge in [0.15, 0.2) is 11.9 Å². The first kappa shape index (κ1) is 30.3. The van der Waals surface area contributed by atoms with Crippen molar-refractivity contribution in [3.05, 3.63) is 59.2 Å². The molecule has 0 unspecified atom stereocenters. The highest BCUT2D eigenvalue weighted by atomic mass is 16.2. The van der Waals surface area contributed by atoms with Gasteiger partial charge in [-0.05, 0) is 62.5 Å². The van der Waals surface area contributed by atoms with Crippen LogP contribution in [-0.4, -0.2) is 68.6 Å². The highest BCUT2D eigenvalue weighted by Gasteiger charge is 2.28. The normalized spacial score (nSPS) is 16.0. The molecule has 0 bridgehead atoms. The van der Waals surface area contributed by atoms with E-state index in [1.54, 1.807) is 45.8 Å². The van der Waals surface area contributed by atoms with Gasteiger partial charge in [-0.25, -0.2) is 0 Å². The van der Waals surface area contributed by atoms with Crippen LogP contribution in [0.1, 0.15) is 59.5 Å². The molecule has 2 saturated carbocycles. The van der Waals surface area contributed by atoms with Crippen LogP contribution in [0.2, 0.25) is 0 Å². The molecular weight excluding hydrogens is 564 g/mol. The Bertz CT molecular complexity index is 1490. The number of carbonyl (C=O) groups excluding carboxylic acids is 4. The molecule has 0 spiro atoms. The van der Waals surface area contributed by atoms with Crippen molar-refractivity contribution in [3.63, 3.8) is 0 Å². The van der Waals surface area contributed by atoms with Crippen molar-refractivity contribution in [2.24, 2.45) is 23.3 Å². The van der Waals surface area contributed by atoms with E-state index in [0.717, 1.165) is 35.5 Å². The van der Waals surface area contributed by atoms with Crippen LogP contribution >= 0.6 is 0 Å². The van der Waals surface area contributed by atoms with Crippen molar-refractivity contribution < 1.29 is 19.2 Å². The van der Waals surface area contributed by atoms with Gasteiger partial charge in [0, 0.05) is 50.7 Å². The van der Waals surface area contributed by atoms with Crippen LogP contribution in [0.25, 0.3) is 0 Å². The van der Waals surface area contributed by atoms with Crippen LogP contribution in [0.5, 0.6) is 0 Å². The summed E-state index contributed by atoms with van der Waals surface area (Å²) in [7, 11) is 2.86. The molecule has 14 nitrogen and oxygen atoms in total. The molecule has 232 valence electrons. The van der Waals surface area contributed by atoms with Gasteiger partial charge < -0.3 is 31.2 Å². The van der Waals surface area contributed by atoms with Gasteiger partial charge in [-0.3, -0.25) is 39.8 Å². The smallest absolute Gasteiger partial charge is 0.276 e. The second kappa shape index (κ2) is 12.2. The van der Waals surface area contributed by atoms with Gasteiger partial charge >= 0.3 is 0 Å². The monoisotopic (exact) mass is 602 g/mol. The van der Waals surface area contributed by atoms with Crippen LogP contribution in [0.3, 0.4) is 0 Å². The number of rotatable bonds is 10. The second-order valence-corrected chi connectivity index (χ2v) is 11.7. The van der Waals surface area contributed by atoms with E-state index in [0.29, 0.717) is 71.7 Å². The molecule has 0 aliphatic heterocycles. The van der Waals surface area contributed by atoms with E-state index >= 15 is 0 Å². The van der Waals surface area contributed by atoms with E-state index in [1.807, 2.05) is 0 Å². The van der Waals surface area contributed by atoms with Gasteiger partial charge in [-0.15, -0.1) is 0 Å². The molecule has 2 aromatic heterocycles. The Labute approximate surface area is 254 Å². The van der Waals surface area contributed by atoms with Crippen molar-refractivity contribution in [1.29, 1.82) is 10.8 Å². The lowest BCUT2D eigenvalue weighted by molar-refractivity contribution is -0.114. The predicted octanol–water partition coefficient (Wildman–Crippen LogP) is 2.26. The fourth-order valence-corrected chi connectivity index (χ4v) is 4.98. The molecule has 8 N–H and O–H groups in total. The third-order valence-electron chi connectivity index (χ3n) is 8.12. The lowest BCUT2D eigenvalue weighted by Crippen LogP contribution is -2.38. The van der Waals surface area contributed by atoms with Crippen molar-refractivity contribution in [3.8, 4) is 0 Å². The number of nitrogens with two attached hydrogens (primary N) is 2. The number of allylic oxidation sites excluding steroid dienone is 2. The molecule has 4 amide bonds. The first-order valence-corrected chi connectivity index (χ1v) is 14.6. The number of guanidine groups is 2. The third kappa shape index (κ3) is 6.90. The number of carbonyl (C=O) groups is 4. The number of amides is 4. The quantitative estimate of drug-likeness (QED) is 0.177. The van der Waals surface area contributed by atoms with E-state index in [1.165, 1.54) is 14.1 Å². The molecule has 5 rings (SSSR count). The van der Waals surface area contributed by atoms with Gasteiger partial charge in [0.05, 0.1) is 11.4 Å². The third-order valence-corrected chi connectivity index (χ3v) is 8.12. The zero-order valence-electron chi connectivity index (χ0n) is 24.9. The highest BCUT2D eigenvalue weighted by molar-refractivity contribution is 6.09. The lowest BCUT2D eigenvalue weighted by Gasteiger charge is -2.16. The summed E-state index contributed by atoms with van der Waals surface area (Å²) in [4.78, 5) is 54.0. The molecule has 2 aromatic rings. The summed E-state index contributed by atoms with van der Waals surface area (Å²) in [5.74, 6) is -1.33.